The maximum Gasteiger partial charge on any atom is 0.337 e. The summed E-state index contributed by atoms with van der Waals surface area (Å²) in [6.45, 7) is 4.82. The number of nitrogens with zero attached hydrogens (tertiary/aromatic N) is 1. The van der Waals surface area contributed by atoms with Crippen molar-refractivity contribution in [1.82, 2.24) is 5.32 Å². The molecule has 104 valence electrons. The summed E-state index contributed by atoms with van der Waals surface area (Å²) in [4.78, 5) is 13.6. The van der Waals surface area contributed by atoms with Gasteiger partial charge in [-0.15, -0.1) is 0 Å². The van der Waals surface area contributed by atoms with Gasteiger partial charge >= 0.3 is 5.97 Å². The largest absolute Gasteiger partial charge is 0.478 e. The van der Waals surface area contributed by atoms with E-state index in [1.54, 1.807) is 6.07 Å². The predicted octanol–water partition coefficient (Wildman–Crippen LogP) is 2.62. The van der Waals surface area contributed by atoms with E-state index in [4.69, 9.17) is 11.6 Å². The third-order valence-corrected chi connectivity index (χ3v) is 3.82. The zero-order chi connectivity index (χ0) is 13.8. The Labute approximate surface area is 118 Å². The maximum atomic E-state index is 11.4. The highest BCUT2D eigenvalue weighted by molar-refractivity contribution is 6.31. The minimum Gasteiger partial charge on any atom is -0.478 e. The fourth-order valence-electron chi connectivity index (χ4n) is 2.67. The summed E-state index contributed by atoms with van der Waals surface area (Å²) < 4.78 is 0. The summed E-state index contributed by atoms with van der Waals surface area (Å²) in [7, 11) is 0. The van der Waals surface area contributed by atoms with E-state index in [0.29, 0.717) is 11.1 Å². The molecule has 0 aliphatic carbocycles. The quantitative estimate of drug-likeness (QED) is 0.891. The SMILES string of the molecule is CCN(c1ccc(Cl)cc1C(=O)O)C1CCNCC1. The molecule has 0 unspecified atom stereocenters. The van der Waals surface area contributed by atoms with Crippen molar-refractivity contribution in [2.45, 2.75) is 25.8 Å². The summed E-state index contributed by atoms with van der Waals surface area (Å²) in [5.74, 6) is -0.926. The number of hydrogen-bond donors (Lipinski definition) is 2. The van der Waals surface area contributed by atoms with Gasteiger partial charge in [0.2, 0.25) is 0 Å². The van der Waals surface area contributed by atoms with E-state index in [9.17, 15) is 9.90 Å². The van der Waals surface area contributed by atoms with Gasteiger partial charge in [0.05, 0.1) is 11.3 Å². The Morgan fingerprint density at radius 3 is 2.74 bits per heavy atom. The van der Waals surface area contributed by atoms with Crippen molar-refractivity contribution in [3.8, 4) is 0 Å². The molecule has 0 aromatic heterocycles. The van der Waals surface area contributed by atoms with Crippen molar-refractivity contribution in [2.24, 2.45) is 0 Å². The second-order valence-electron chi connectivity index (χ2n) is 4.73. The number of hydrogen-bond acceptors (Lipinski definition) is 3. The van der Waals surface area contributed by atoms with E-state index in [-0.39, 0.29) is 5.56 Å². The molecule has 0 bridgehead atoms. The molecule has 0 radical (unpaired) electrons. The first kappa shape index (κ1) is 14.2. The van der Waals surface area contributed by atoms with Gasteiger partial charge in [-0.3, -0.25) is 0 Å². The Balaban J connectivity index is 2.34. The van der Waals surface area contributed by atoms with Gasteiger partial charge in [-0.25, -0.2) is 4.79 Å². The zero-order valence-electron chi connectivity index (χ0n) is 11.0. The number of benzene rings is 1. The second kappa shape index (κ2) is 6.26. The van der Waals surface area contributed by atoms with Crippen LogP contribution in [0.4, 0.5) is 5.69 Å². The normalized spacial score (nSPS) is 16.3. The Morgan fingerprint density at radius 2 is 2.16 bits per heavy atom. The third kappa shape index (κ3) is 3.19. The molecule has 0 atom stereocenters. The topological polar surface area (TPSA) is 52.6 Å². The van der Waals surface area contributed by atoms with Crippen LogP contribution in [-0.4, -0.2) is 36.8 Å². The molecule has 1 heterocycles. The fourth-order valence-corrected chi connectivity index (χ4v) is 2.85. The summed E-state index contributed by atoms with van der Waals surface area (Å²) >= 11 is 5.90. The van der Waals surface area contributed by atoms with E-state index in [1.165, 1.54) is 6.07 Å². The van der Waals surface area contributed by atoms with Crippen LogP contribution in [-0.2, 0) is 0 Å². The monoisotopic (exact) mass is 282 g/mol. The van der Waals surface area contributed by atoms with Crippen molar-refractivity contribution in [3.63, 3.8) is 0 Å². The van der Waals surface area contributed by atoms with Crippen molar-refractivity contribution in [3.05, 3.63) is 28.8 Å². The van der Waals surface area contributed by atoms with Gasteiger partial charge < -0.3 is 15.3 Å². The lowest BCUT2D eigenvalue weighted by atomic mass is 10.0. The summed E-state index contributed by atoms with van der Waals surface area (Å²) in [5, 5.41) is 13.1. The lowest BCUT2D eigenvalue weighted by molar-refractivity contribution is 0.0697. The van der Waals surface area contributed by atoms with Crippen molar-refractivity contribution < 1.29 is 9.90 Å². The number of carboxylic acids is 1. The van der Waals surface area contributed by atoms with E-state index in [0.717, 1.165) is 38.2 Å². The molecular weight excluding hydrogens is 264 g/mol. The molecule has 1 aliphatic heterocycles. The molecule has 0 spiro atoms. The van der Waals surface area contributed by atoms with Crippen LogP contribution in [0.15, 0.2) is 18.2 Å². The van der Waals surface area contributed by atoms with Gasteiger partial charge in [-0.05, 0) is 51.1 Å². The van der Waals surface area contributed by atoms with Crippen molar-refractivity contribution in [1.29, 1.82) is 0 Å². The second-order valence-corrected chi connectivity index (χ2v) is 5.17. The molecule has 0 amide bonds. The van der Waals surface area contributed by atoms with E-state index in [2.05, 4.69) is 17.1 Å². The Hall–Kier alpha value is -1.26. The number of piperidine rings is 1. The summed E-state index contributed by atoms with van der Waals surface area (Å²) in [5.41, 5.74) is 1.05. The van der Waals surface area contributed by atoms with Crippen LogP contribution in [0, 0.1) is 0 Å². The molecule has 4 nitrogen and oxygen atoms in total. The van der Waals surface area contributed by atoms with Gasteiger partial charge in [0, 0.05) is 17.6 Å². The first-order valence-corrected chi connectivity index (χ1v) is 7.01. The van der Waals surface area contributed by atoms with Crippen LogP contribution in [0.2, 0.25) is 5.02 Å². The Kier molecular flexibility index (Phi) is 4.66. The Bertz CT molecular complexity index is 459. The highest BCUT2D eigenvalue weighted by Gasteiger charge is 2.23. The van der Waals surface area contributed by atoms with Crippen LogP contribution < -0.4 is 10.2 Å². The minimum atomic E-state index is -0.926. The zero-order valence-corrected chi connectivity index (χ0v) is 11.8. The highest BCUT2D eigenvalue weighted by atomic mass is 35.5. The smallest absolute Gasteiger partial charge is 0.337 e. The molecule has 1 fully saturated rings. The maximum absolute atomic E-state index is 11.4. The van der Waals surface area contributed by atoms with Crippen LogP contribution in [0.5, 0.6) is 0 Å². The number of carbonyl (C=O) groups is 1. The van der Waals surface area contributed by atoms with Gasteiger partial charge in [0.25, 0.3) is 0 Å². The Morgan fingerprint density at radius 1 is 1.47 bits per heavy atom. The number of anilines is 1. The molecule has 2 rings (SSSR count). The molecule has 1 aromatic rings. The predicted molar refractivity (Wildman–Crippen MR) is 77.3 cm³/mol. The van der Waals surface area contributed by atoms with E-state index in [1.807, 2.05) is 6.07 Å². The first-order chi connectivity index (χ1) is 9.13. The first-order valence-electron chi connectivity index (χ1n) is 6.63. The summed E-state index contributed by atoms with van der Waals surface area (Å²) in [6, 6.07) is 5.50. The number of nitrogens with one attached hydrogen (secondary N) is 1. The molecule has 5 heteroatoms. The lowest BCUT2D eigenvalue weighted by Gasteiger charge is -2.36. The molecule has 1 saturated heterocycles. The third-order valence-electron chi connectivity index (χ3n) is 3.59. The van der Waals surface area contributed by atoms with Crippen molar-refractivity contribution >= 4 is 23.3 Å². The van der Waals surface area contributed by atoms with Crippen LogP contribution in [0.25, 0.3) is 0 Å². The van der Waals surface area contributed by atoms with Gasteiger partial charge in [-0.2, -0.15) is 0 Å². The van der Waals surface area contributed by atoms with Gasteiger partial charge in [0.1, 0.15) is 0 Å². The molecule has 0 saturated carbocycles. The standard InChI is InChI=1S/C14H19ClN2O2/c1-2-17(11-5-7-16-8-6-11)13-4-3-10(15)9-12(13)14(18)19/h3-4,9,11,16H,2,5-8H2,1H3,(H,18,19). The van der Waals surface area contributed by atoms with E-state index >= 15 is 0 Å². The minimum absolute atomic E-state index is 0.285. The van der Waals surface area contributed by atoms with Crippen LogP contribution >= 0.6 is 11.6 Å². The molecular formula is C14H19ClN2O2. The summed E-state index contributed by atoms with van der Waals surface area (Å²) in [6.07, 6.45) is 2.07. The highest BCUT2D eigenvalue weighted by Crippen LogP contribution is 2.28. The van der Waals surface area contributed by atoms with Crippen molar-refractivity contribution in [2.75, 3.05) is 24.5 Å². The fraction of sp³-hybridized carbons (Fsp3) is 0.500. The lowest BCUT2D eigenvalue weighted by Crippen LogP contribution is -2.43. The molecule has 19 heavy (non-hydrogen) atoms. The van der Waals surface area contributed by atoms with Crippen LogP contribution in [0.1, 0.15) is 30.1 Å². The molecule has 1 aliphatic rings. The molecule has 1 aromatic carbocycles. The average Bonchev–Trinajstić information content (AvgIpc) is 2.42. The number of aromatic carboxylic acids is 1. The number of rotatable bonds is 4. The average molecular weight is 283 g/mol. The number of halogens is 1. The molecule has 2 N–H and O–H groups in total. The van der Waals surface area contributed by atoms with E-state index < -0.39 is 5.97 Å². The number of carboxylic acid groups (broad SMARTS) is 1. The van der Waals surface area contributed by atoms with Gasteiger partial charge in [0.15, 0.2) is 0 Å². The van der Waals surface area contributed by atoms with Crippen LogP contribution in [0.3, 0.4) is 0 Å². The van der Waals surface area contributed by atoms with Gasteiger partial charge in [-0.1, -0.05) is 11.6 Å².